The highest BCUT2D eigenvalue weighted by Gasteiger charge is 2.43. The molecule has 0 unspecified atom stereocenters. The van der Waals surface area contributed by atoms with Gasteiger partial charge in [0.05, 0.1) is 17.9 Å². The van der Waals surface area contributed by atoms with Gasteiger partial charge in [-0.05, 0) is 94.0 Å². The zero-order valence-electron chi connectivity index (χ0n) is 28.9. The molecule has 2 aromatic heterocycles. The number of benzene rings is 2. The molecule has 8 rings (SSSR count). The molecule has 6 heterocycles. The van der Waals surface area contributed by atoms with E-state index in [0.717, 1.165) is 103 Å². The normalized spacial score (nSPS) is 18.9. The molecule has 252 valence electrons. The first-order chi connectivity index (χ1) is 23.3. The molecule has 2 fully saturated rings. The summed E-state index contributed by atoms with van der Waals surface area (Å²) in [4.78, 5) is 20.5. The maximum Gasteiger partial charge on any atom is 0.136 e. The second-order valence-electron chi connectivity index (χ2n) is 14.6. The molecule has 2 saturated heterocycles. The summed E-state index contributed by atoms with van der Waals surface area (Å²) in [6.07, 6.45) is 12.9. The van der Waals surface area contributed by atoms with E-state index >= 15 is 4.39 Å². The molecule has 48 heavy (non-hydrogen) atoms. The largest absolute Gasteiger partial charge is 0.365 e. The van der Waals surface area contributed by atoms with Crippen molar-refractivity contribution in [3.63, 3.8) is 0 Å². The van der Waals surface area contributed by atoms with Crippen LogP contribution in [0, 0.1) is 5.82 Å². The van der Waals surface area contributed by atoms with Crippen LogP contribution in [0.25, 0.3) is 16.6 Å². The van der Waals surface area contributed by atoms with Crippen LogP contribution in [0.3, 0.4) is 0 Å². The highest BCUT2D eigenvalue weighted by molar-refractivity contribution is 5.97. The first-order valence-electron chi connectivity index (χ1n) is 18.1. The van der Waals surface area contributed by atoms with Crippen molar-refractivity contribution in [2.75, 3.05) is 50.1 Å². The highest BCUT2D eigenvalue weighted by atomic mass is 19.1. The van der Waals surface area contributed by atoms with Crippen LogP contribution in [-0.2, 0) is 38.8 Å². The third kappa shape index (κ3) is 5.44. The molecular formula is C39H49FN8. The Balaban J connectivity index is 1.16. The van der Waals surface area contributed by atoms with Gasteiger partial charge in [0.2, 0.25) is 0 Å². The molecule has 0 bridgehead atoms. The first kappa shape index (κ1) is 31.3. The Hall–Kier alpha value is -3.98. The third-order valence-corrected chi connectivity index (χ3v) is 11.6. The van der Waals surface area contributed by atoms with Crippen LogP contribution in [0.15, 0.2) is 43.1 Å². The summed E-state index contributed by atoms with van der Waals surface area (Å²) in [6, 6.07) is 9.91. The minimum Gasteiger partial charge on any atom is -0.365 e. The van der Waals surface area contributed by atoms with Gasteiger partial charge in [0.15, 0.2) is 0 Å². The number of aromatic nitrogens is 4. The van der Waals surface area contributed by atoms with E-state index in [9.17, 15) is 0 Å². The molecule has 0 amide bonds. The fraction of sp³-hybridized carbons (Fsp3) is 0.513. The summed E-state index contributed by atoms with van der Waals surface area (Å²) < 4.78 is 17.0. The molecule has 2 aromatic carbocycles. The summed E-state index contributed by atoms with van der Waals surface area (Å²) in [5.41, 5.74) is 7.04. The Morgan fingerprint density at radius 3 is 2.56 bits per heavy atom. The standard InChI is InChI=1S/C39H49FN8/c1-5-30-32(40)14-13-28-10-6-12-35(37(28)30)45-23-16-31-34(26-45)41-36(15-19-39-17-8-21-47(39)22-9-18-39)42-38(31)46-20-7-11-33-29(24-46)25-48(43-33)27(2)44(3)4/h6,10,12-14,25H,2,5,7-9,11,15-24,26H2,1,3-4H3. The number of rotatable bonds is 8. The van der Waals surface area contributed by atoms with Crippen LogP contribution in [0.1, 0.15) is 79.4 Å². The Morgan fingerprint density at radius 2 is 1.77 bits per heavy atom. The van der Waals surface area contributed by atoms with Crippen molar-refractivity contribution in [2.45, 2.75) is 89.8 Å². The molecule has 4 aliphatic heterocycles. The van der Waals surface area contributed by atoms with Crippen LogP contribution in [0.5, 0.6) is 0 Å². The van der Waals surface area contributed by atoms with Gasteiger partial charge in [0.25, 0.3) is 0 Å². The number of hydrogen-bond acceptors (Lipinski definition) is 7. The monoisotopic (exact) mass is 648 g/mol. The van der Waals surface area contributed by atoms with Gasteiger partial charge in [-0.25, -0.2) is 19.0 Å². The zero-order chi connectivity index (χ0) is 33.0. The van der Waals surface area contributed by atoms with Crippen molar-refractivity contribution in [1.82, 2.24) is 29.5 Å². The Bertz CT molecular complexity index is 1850. The third-order valence-electron chi connectivity index (χ3n) is 11.6. The van der Waals surface area contributed by atoms with Gasteiger partial charge in [0.1, 0.15) is 23.3 Å². The van der Waals surface area contributed by atoms with Crippen molar-refractivity contribution < 1.29 is 4.39 Å². The van der Waals surface area contributed by atoms with E-state index in [2.05, 4.69) is 45.7 Å². The van der Waals surface area contributed by atoms with Gasteiger partial charge >= 0.3 is 0 Å². The van der Waals surface area contributed by atoms with Crippen LogP contribution >= 0.6 is 0 Å². The lowest BCUT2D eigenvalue weighted by molar-refractivity contribution is 0.181. The minimum absolute atomic E-state index is 0.119. The molecule has 0 aliphatic carbocycles. The topological polar surface area (TPSA) is 56.6 Å². The van der Waals surface area contributed by atoms with Crippen LogP contribution in [-0.4, -0.2) is 75.4 Å². The molecule has 9 heteroatoms. The SMILES string of the molecule is C=C(N(C)C)n1cc2c(n1)CCCN(c1nc(CCC34CCCN3CCC4)nc3c1CCN(c1cccc4ccc(F)c(CC)c14)C3)C2. The zero-order valence-corrected chi connectivity index (χ0v) is 28.9. The molecule has 0 atom stereocenters. The van der Waals surface area contributed by atoms with Crippen LogP contribution in [0.2, 0.25) is 0 Å². The molecule has 0 spiro atoms. The molecular weight excluding hydrogens is 599 g/mol. The number of fused-ring (bicyclic) bond motifs is 4. The quantitative estimate of drug-likeness (QED) is 0.214. The van der Waals surface area contributed by atoms with E-state index < -0.39 is 0 Å². The Kier molecular flexibility index (Phi) is 8.14. The van der Waals surface area contributed by atoms with Gasteiger partial charge in [-0.3, -0.25) is 4.90 Å². The van der Waals surface area contributed by atoms with Crippen molar-refractivity contribution in [1.29, 1.82) is 0 Å². The summed E-state index contributed by atoms with van der Waals surface area (Å²) in [6.45, 7) is 12.0. The number of anilines is 2. The Morgan fingerprint density at radius 1 is 0.938 bits per heavy atom. The lowest BCUT2D eigenvalue weighted by Crippen LogP contribution is -2.39. The maximum absolute atomic E-state index is 15.1. The second kappa shape index (κ2) is 12.5. The predicted molar refractivity (Wildman–Crippen MR) is 192 cm³/mol. The van der Waals surface area contributed by atoms with Gasteiger partial charge in [-0.15, -0.1) is 0 Å². The van der Waals surface area contributed by atoms with E-state index in [1.807, 2.05) is 36.7 Å². The average Bonchev–Trinajstić information content (AvgIpc) is 3.76. The molecule has 8 nitrogen and oxygen atoms in total. The molecule has 0 N–H and O–H groups in total. The molecule has 4 aliphatic rings. The summed E-state index contributed by atoms with van der Waals surface area (Å²) in [5.74, 6) is 2.82. The molecule has 0 radical (unpaired) electrons. The van der Waals surface area contributed by atoms with Gasteiger partial charge in [-0.1, -0.05) is 31.7 Å². The maximum atomic E-state index is 15.1. The fourth-order valence-corrected chi connectivity index (χ4v) is 9.06. The first-order valence-corrected chi connectivity index (χ1v) is 18.1. The predicted octanol–water partition coefficient (Wildman–Crippen LogP) is 6.59. The van der Waals surface area contributed by atoms with Gasteiger partial charge < -0.3 is 14.7 Å². The van der Waals surface area contributed by atoms with Crippen molar-refractivity contribution in [2.24, 2.45) is 0 Å². The fourth-order valence-electron chi connectivity index (χ4n) is 9.06. The molecule has 0 saturated carbocycles. The lowest BCUT2D eigenvalue weighted by Gasteiger charge is -2.35. The van der Waals surface area contributed by atoms with E-state index in [-0.39, 0.29) is 5.82 Å². The number of aryl methyl sites for hydroxylation is 3. The smallest absolute Gasteiger partial charge is 0.136 e. The van der Waals surface area contributed by atoms with Crippen LogP contribution in [0.4, 0.5) is 15.9 Å². The van der Waals surface area contributed by atoms with E-state index in [1.54, 1.807) is 6.07 Å². The van der Waals surface area contributed by atoms with Crippen LogP contribution < -0.4 is 9.80 Å². The number of halogens is 1. The summed E-state index contributed by atoms with van der Waals surface area (Å²) >= 11 is 0. The summed E-state index contributed by atoms with van der Waals surface area (Å²) in [7, 11) is 4.01. The van der Waals surface area contributed by atoms with E-state index in [1.165, 1.54) is 49.9 Å². The van der Waals surface area contributed by atoms with E-state index in [0.29, 0.717) is 18.5 Å². The summed E-state index contributed by atoms with van der Waals surface area (Å²) in [5, 5.41) is 7.07. The Labute approximate surface area is 284 Å². The van der Waals surface area contributed by atoms with Crippen molar-refractivity contribution in [3.8, 4) is 0 Å². The lowest BCUT2D eigenvalue weighted by atomic mass is 9.88. The van der Waals surface area contributed by atoms with Gasteiger partial charge in [0, 0.05) is 74.1 Å². The van der Waals surface area contributed by atoms with Gasteiger partial charge in [-0.2, -0.15) is 5.10 Å². The average molecular weight is 649 g/mol. The number of nitrogens with zero attached hydrogens (tertiary/aromatic N) is 8. The highest BCUT2D eigenvalue weighted by Crippen LogP contribution is 2.42. The second-order valence-corrected chi connectivity index (χ2v) is 14.6. The van der Waals surface area contributed by atoms with Crippen molar-refractivity contribution in [3.05, 3.63) is 82.8 Å². The van der Waals surface area contributed by atoms with Crippen molar-refractivity contribution >= 4 is 28.1 Å². The molecule has 4 aromatic rings. The minimum atomic E-state index is -0.119. The van der Waals surface area contributed by atoms with E-state index in [4.69, 9.17) is 15.1 Å². The number of hydrogen-bond donors (Lipinski definition) is 0.